The van der Waals surface area contributed by atoms with Gasteiger partial charge in [0.1, 0.15) is 5.69 Å². The molecule has 0 aliphatic carbocycles. The van der Waals surface area contributed by atoms with Crippen LogP contribution in [0.2, 0.25) is 0 Å². The summed E-state index contributed by atoms with van der Waals surface area (Å²) in [7, 11) is 0. The zero-order valence-electron chi connectivity index (χ0n) is 9.76. The van der Waals surface area contributed by atoms with E-state index in [0.717, 1.165) is 37.2 Å². The van der Waals surface area contributed by atoms with Gasteiger partial charge in [-0.25, -0.2) is 0 Å². The largest absolute Gasteiger partial charge is 0.366 e. The molecule has 5 heteroatoms. The van der Waals surface area contributed by atoms with Crippen LogP contribution >= 0.6 is 0 Å². The molecule has 0 aromatic heterocycles. The van der Waals surface area contributed by atoms with E-state index in [1.807, 2.05) is 12.1 Å². The van der Waals surface area contributed by atoms with Crippen molar-refractivity contribution < 1.29 is 4.92 Å². The Bertz CT molecular complexity index is 414. The molecule has 1 aromatic rings. The lowest BCUT2D eigenvalue weighted by molar-refractivity contribution is -0.384. The van der Waals surface area contributed by atoms with Gasteiger partial charge in [0.25, 0.3) is 5.69 Å². The molecule has 1 aromatic carbocycles. The van der Waals surface area contributed by atoms with E-state index in [0.29, 0.717) is 6.54 Å². The van der Waals surface area contributed by atoms with Gasteiger partial charge in [-0.1, -0.05) is 6.07 Å². The van der Waals surface area contributed by atoms with Crippen molar-refractivity contribution in [1.29, 1.82) is 0 Å². The molecule has 1 fully saturated rings. The Hall–Kier alpha value is -1.62. The van der Waals surface area contributed by atoms with Crippen LogP contribution in [-0.2, 0) is 6.54 Å². The Labute approximate surface area is 100 Å². The van der Waals surface area contributed by atoms with Crippen molar-refractivity contribution in [2.24, 2.45) is 5.73 Å². The Kier molecular flexibility index (Phi) is 3.58. The standard InChI is InChI=1S/C12H17N3O2/c13-9-10-4-5-11(12(8-10)15(16)17)14-6-2-1-3-7-14/h4-5,8H,1-3,6-7,9,13H2. The lowest BCUT2D eigenvalue weighted by atomic mass is 10.1. The molecule has 2 rings (SSSR count). The first-order chi connectivity index (χ1) is 8.22. The molecule has 0 spiro atoms. The third kappa shape index (κ3) is 2.55. The Morgan fingerprint density at radius 2 is 2.00 bits per heavy atom. The van der Waals surface area contributed by atoms with Crippen LogP contribution in [-0.4, -0.2) is 18.0 Å². The quantitative estimate of drug-likeness (QED) is 0.642. The summed E-state index contributed by atoms with van der Waals surface area (Å²) in [4.78, 5) is 12.9. The van der Waals surface area contributed by atoms with E-state index in [9.17, 15) is 10.1 Å². The molecule has 2 N–H and O–H groups in total. The van der Waals surface area contributed by atoms with E-state index in [1.54, 1.807) is 6.07 Å². The summed E-state index contributed by atoms with van der Waals surface area (Å²) in [5.41, 5.74) is 7.22. The number of nitro benzene ring substituents is 1. The fraction of sp³-hybridized carbons (Fsp3) is 0.500. The van der Waals surface area contributed by atoms with Crippen molar-refractivity contribution in [3.05, 3.63) is 33.9 Å². The van der Waals surface area contributed by atoms with Gasteiger partial charge in [-0.3, -0.25) is 10.1 Å². The van der Waals surface area contributed by atoms with Crippen LogP contribution in [0.1, 0.15) is 24.8 Å². The summed E-state index contributed by atoms with van der Waals surface area (Å²) in [5.74, 6) is 0. The van der Waals surface area contributed by atoms with Gasteiger partial charge in [-0.15, -0.1) is 0 Å². The maximum Gasteiger partial charge on any atom is 0.292 e. The maximum absolute atomic E-state index is 11.1. The maximum atomic E-state index is 11.1. The average Bonchev–Trinajstić information content (AvgIpc) is 2.39. The molecule has 0 amide bonds. The number of nitrogens with zero attached hydrogens (tertiary/aromatic N) is 2. The third-order valence-corrected chi connectivity index (χ3v) is 3.17. The molecule has 1 heterocycles. The molecule has 0 unspecified atom stereocenters. The number of hydrogen-bond donors (Lipinski definition) is 1. The van der Waals surface area contributed by atoms with Crippen LogP contribution in [0.3, 0.4) is 0 Å². The Morgan fingerprint density at radius 3 is 2.59 bits per heavy atom. The van der Waals surface area contributed by atoms with E-state index in [2.05, 4.69) is 4.90 Å². The molecule has 92 valence electrons. The average molecular weight is 235 g/mol. The van der Waals surface area contributed by atoms with Crippen molar-refractivity contribution in [3.8, 4) is 0 Å². The van der Waals surface area contributed by atoms with Gasteiger partial charge in [-0.2, -0.15) is 0 Å². The van der Waals surface area contributed by atoms with E-state index in [1.165, 1.54) is 6.42 Å². The highest BCUT2D eigenvalue weighted by molar-refractivity contribution is 5.64. The van der Waals surface area contributed by atoms with Crippen molar-refractivity contribution in [3.63, 3.8) is 0 Å². The highest BCUT2D eigenvalue weighted by atomic mass is 16.6. The first-order valence-electron chi connectivity index (χ1n) is 5.94. The number of nitro groups is 1. The molecule has 5 nitrogen and oxygen atoms in total. The van der Waals surface area contributed by atoms with Crippen LogP contribution in [0.4, 0.5) is 11.4 Å². The summed E-state index contributed by atoms with van der Waals surface area (Å²) >= 11 is 0. The molecule has 0 bridgehead atoms. The van der Waals surface area contributed by atoms with Crippen LogP contribution < -0.4 is 10.6 Å². The second-order valence-electron chi connectivity index (χ2n) is 4.33. The third-order valence-electron chi connectivity index (χ3n) is 3.17. The molecule has 0 radical (unpaired) electrons. The number of piperidine rings is 1. The van der Waals surface area contributed by atoms with E-state index in [-0.39, 0.29) is 10.6 Å². The Balaban J connectivity index is 2.34. The number of hydrogen-bond acceptors (Lipinski definition) is 4. The lowest BCUT2D eigenvalue weighted by Crippen LogP contribution is -2.30. The minimum atomic E-state index is -0.316. The number of rotatable bonds is 3. The van der Waals surface area contributed by atoms with Gasteiger partial charge >= 0.3 is 0 Å². The number of benzene rings is 1. The van der Waals surface area contributed by atoms with Gasteiger partial charge in [0.15, 0.2) is 0 Å². The second-order valence-corrected chi connectivity index (χ2v) is 4.33. The SMILES string of the molecule is NCc1ccc(N2CCCCC2)c([N+](=O)[O-])c1. The molecule has 0 saturated carbocycles. The van der Waals surface area contributed by atoms with E-state index >= 15 is 0 Å². The van der Waals surface area contributed by atoms with E-state index in [4.69, 9.17) is 5.73 Å². The summed E-state index contributed by atoms with van der Waals surface area (Å²) in [6.07, 6.45) is 3.43. The van der Waals surface area contributed by atoms with Crippen LogP contribution in [0.15, 0.2) is 18.2 Å². The van der Waals surface area contributed by atoms with Gasteiger partial charge in [0, 0.05) is 25.7 Å². The van der Waals surface area contributed by atoms with Crippen LogP contribution in [0.25, 0.3) is 0 Å². The van der Waals surface area contributed by atoms with Crippen molar-refractivity contribution in [2.75, 3.05) is 18.0 Å². The molecule has 1 aliphatic rings. The van der Waals surface area contributed by atoms with Gasteiger partial charge in [0.2, 0.25) is 0 Å². The molecular formula is C12H17N3O2. The summed E-state index contributed by atoms with van der Waals surface area (Å²) < 4.78 is 0. The number of nitrogens with two attached hydrogens (primary N) is 1. The molecule has 1 aliphatic heterocycles. The molecule has 17 heavy (non-hydrogen) atoms. The predicted octanol–water partition coefficient (Wildman–Crippen LogP) is 2.04. The summed E-state index contributed by atoms with van der Waals surface area (Å²) in [6.45, 7) is 2.15. The van der Waals surface area contributed by atoms with E-state index < -0.39 is 0 Å². The topological polar surface area (TPSA) is 72.4 Å². The molecule has 1 saturated heterocycles. The van der Waals surface area contributed by atoms with Crippen molar-refractivity contribution in [1.82, 2.24) is 0 Å². The van der Waals surface area contributed by atoms with Gasteiger partial charge < -0.3 is 10.6 Å². The summed E-state index contributed by atoms with van der Waals surface area (Å²) in [6, 6.07) is 5.28. The van der Waals surface area contributed by atoms with Crippen molar-refractivity contribution >= 4 is 11.4 Å². The monoisotopic (exact) mass is 235 g/mol. The highest BCUT2D eigenvalue weighted by Crippen LogP contribution is 2.31. The minimum absolute atomic E-state index is 0.176. The molecular weight excluding hydrogens is 218 g/mol. The Morgan fingerprint density at radius 1 is 1.29 bits per heavy atom. The highest BCUT2D eigenvalue weighted by Gasteiger charge is 2.21. The normalized spacial score (nSPS) is 15.9. The van der Waals surface area contributed by atoms with Crippen LogP contribution in [0.5, 0.6) is 0 Å². The van der Waals surface area contributed by atoms with Gasteiger partial charge in [-0.05, 0) is 30.9 Å². The fourth-order valence-electron chi connectivity index (χ4n) is 2.24. The summed E-state index contributed by atoms with van der Waals surface area (Å²) in [5, 5.41) is 11.1. The lowest BCUT2D eigenvalue weighted by Gasteiger charge is -2.28. The first-order valence-corrected chi connectivity index (χ1v) is 5.94. The van der Waals surface area contributed by atoms with Gasteiger partial charge in [0.05, 0.1) is 4.92 Å². The zero-order chi connectivity index (χ0) is 12.3. The zero-order valence-corrected chi connectivity index (χ0v) is 9.76. The van der Waals surface area contributed by atoms with Crippen molar-refractivity contribution in [2.45, 2.75) is 25.8 Å². The number of anilines is 1. The minimum Gasteiger partial charge on any atom is -0.366 e. The predicted molar refractivity (Wildman–Crippen MR) is 67.1 cm³/mol. The fourth-order valence-corrected chi connectivity index (χ4v) is 2.24. The smallest absolute Gasteiger partial charge is 0.292 e. The second kappa shape index (κ2) is 5.14. The molecule has 0 atom stereocenters. The van der Waals surface area contributed by atoms with Crippen LogP contribution in [0, 0.1) is 10.1 Å². The first kappa shape index (κ1) is 11.9.